The van der Waals surface area contributed by atoms with Gasteiger partial charge in [-0.1, -0.05) is 17.9 Å². The number of nitrogens with one attached hydrogen (secondary N) is 1. The van der Waals surface area contributed by atoms with Crippen LogP contribution < -0.4 is 14.7 Å². The van der Waals surface area contributed by atoms with E-state index in [1.54, 1.807) is 43.3 Å². The maximum atomic E-state index is 13.3. The van der Waals surface area contributed by atoms with E-state index in [-0.39, 0.29) is 5.57 Å². The molecular formula is C23H28N2O5. The Morgan fingerprint density at radius 1 is 1.13 bits per heavy atom. The van der Waals surface area contributed by atoms with Gasteiger partial charge in [-0.05, 0) is 50.6 Å². The van der Waals surface area contributed by atoms with Crippen molar-refractivity contribution in [3.05, 3.63) is 59.1 Å². The Balaban J connectivity index is 2.05. The van der Waals surface area contributed by atoms with Crippen LogP contribution in [-0.4, -0.2) is 49.9 Å². The fraction of sp³-hybridized carbons (Fsp3) is 0.391. The molecule has 7 heteroatoms. The zero-order chi connectivity index (χ0) is 21.8. The molecule has 30 heavy (non-hydrogen) atoms. The molecule has 1 saturated heterocycles. The Morgan fingerprint density at radius 3 is 2.33 bits per heavy atom. The molecule has 1 atom stereocenters. The van der Waals surface area contributed by atoms with E-state index in [1.165, 1.54) is 16.9 Å². The Morgan fingerprint density at radius 2 is 1.80 bits per heavy atom. The number of hydrogen-bond donors (Lipinski definition) is 1. The maximum absolute atomic E-state index is 13.3. The SMILES string of the molecule is CC[NH+](CC)CCN1C(=O)C(=O)/C(=C(/[O-])c2ccc(OC)cc2)C1c1ccc(C)o1. The summed E-state index contributed by atoms with van der Waals surface area (Å²) in [6.07, 6.45) is 0. The molecule has 1 aliphatic heterocycles. The van der Waals surface area contributed by atoms with Crippen LogP contribution in [0.3, 0.4) is 0 Å². The van der Waals surface area contributed by atoms with Gasteiger partial charge in [-0.25, -0.2) is 0 Å². The quantitative estimate of drug-likeness (QED) is 0.393. The van der Waals surface area contributed by atoms with Crippen LogP contribution in [0.15, 0.2) is 46.4 Å². The Labute approximate surface area is 176 Å². The molecule has 1 unspecified atom stereocenters. The van der Waals surface area contributed by atoms with Crippen molar-refractivity contribution >= 4 is 17.4 Å². The predicted molar refractivity (Wildman–Crippen MR) is 110 cm³/mol. The summed E-state index contributed by atoms with van der Waals surface area (Å²) in [7, 11) is 1.54. The Kier molecular flexibility index (Phi) is 6.62. The molecule has 0 aliphatic carbocycles. The van der Waals surface area contributed by atoms with E-state index in [1.807, 2.05) is 0 Å². The lowest BCUT2D eigenvalue weighted by Gasteiger charge is -2.27. The molecule has 0 bridgehead atoms. The van der Waals surface area contributed by atoms with Gasteiger partial charge in [0.2, 0.25) is 5.78 Å². The van der Waals surface area contributed by atoms with Crippen LogP contribution in [0, 0.1) is 6.92 Å². The minimum Gasteiger partial charge on any atom is -0.872 e. The van der Waals surface area contributed by atoms with Gasteiger partial charge in [0.1, 0.15) is 23.3 Å². The van der Waals surface area contributed by atoms with Gasteiger partial charge in [-0.3, -0.25) is 9.59 Å². The average molecular weight is 412 g/mol. The summed E-state index contributed by atoms with van der Waals surface area (Å²) in [5, 5.41) is 13.3. The molecule has 160 valence electrons. The number of carbonyl (C=O) groups excluding carboxylic acids is 2. The molecule has 1 aromatic heterocycles. The summed E-state index contributed by atoms with van der Waals surface area (Å²) in [5.41, 5.74) is 0.269. The van der Waals surface area contributed by atoms with Crippen LogP contribution in [0.4, 0.5) is 0 Å². The summed E-state index contributed by atoms with van der Waals surface area (Å²) >= 11 is 0. The van der Waals surface area contributed by atoms with Crippen LogP contribution in [0.2, 0.25) is 0 Å². The second-order valence-corrected chi connectivity index (χ2v) is 7.36. The molecule has 0 radical (unpaired) electrons. The van der Waals surface area contributed by atoms with Gasteiger partial charge >= 0.3 is 0 Å². The van der Waals surface area contributed by atoms with Crippen molar-refractivity contribution in [1.29, 1.82) is 0 Å². The molecule has 0 spiro atoms. The van der Waals surface area contributed by atoms with Crippen molar-refractivity contribution in [3.63, 3.8) is 0 Å². The number of methoxy groups -OCH3 is 1. The topological polar surface area (TPSA) is 87.2 Å². The van der Waals surface area contributed by atoms with E-state index in [0.717, 1.165) is 13.1 Å². The second kappa shape index (κ2) is 9.17. The third-order valence-electron chi connectivity index (χ3n) is 5.62. The van der Waals surface area contributed by atoms with Crippen molar-refractivity contribution < 1.29 is 28.7 Å². The zero-order valence-electron chi connectivity index (χ0n) is 17.9. The molecule has 3 rings (SSSR count). The van der Waals surface area contributed by atoms with E-state index in [4.69, 9.17) is 9.15 Å². The number of furan rings is 1. The number of benzene rings is 1. The van der Waals surface area contributed by atoms with E-state index < -0.39 is 23.5 Å². The van der Waals surface area contributed by atoms with Crippen LogP contribution in [0.1, 0.15) is 37.0 Å². The van der Waals surface area contributed by atoms with E-state index in [9.17, 15) is 14.7 Å². The lowest BCUT2D eigenvalue weighted by atomic mass is 9.99. The maximum Gasteiger partial charge on any atom is 0.295 e. The first-order chi connectivity index (χ1) is 14.4. The van der Waals surface area contributed by atoms with Crippen molar-refractivity contribution in [3.8, 4) is 5.75 Å². The minimum atomic E-state index is -0.816. The Hall–Kier alpha value is -3.06. The molecule has 0 saturated carbocycles. The monoisotopic (exact) mass is 412 g/mol. The number of ether oxygens (including phenoxy) is 1. The highest BCUT2D eigenvalue weighted by atomic mass is 16.5. The number of hydrogen-bond acceptors (Lipinski definition) is 5. The molecule has 7 nitrogen and oxygen atoms in total. The molecule has 1 amide bonds. The summed E-state index contributed by atoms with van der Waals surface area (Å²) in [6, 6.07) is 9.18. The van der Waals surface area contributed by atoms with Crippen molar-refractivity contribution in [2.75, 3.05) is 33.3 Å². The van der Waals surface area contributed by atoms with Crippen LogP contribution in [0.25, 0.3) is 5.76 Å². The normalized spacial score (nSPS) is 18.4. The van der Waals surface area contributed by atoms with E-state index in [2.05, 4.69) is 13.8 Å². The number of carbonyl (C=O) groups is 2. The van der Waals surface area contributed by atoms with Crippen molar-refractivity contribution in [2.24, 2.45) is 0 Å². The van der Waals surface area contributed by atoms with E-state index >= 15 is 0 Å². The first-order valence-electron chi connectivity index (χ1n) is 10.2. The van der Waals surface area contributed by atoms with Crippen LogP contribution in [0.5, 0.6) is 5.75 Å². The summed E-state index contributed by atoms with van der Waals surface area (Å²) in [6.45, 7) is 8.83. The first-order valence-corrected chi connectivity index (χ1v) is 10.2. The van der Waals surface area contributed by atoms with Gasteiger partial charge in [-0.15, -0.1) is 0 Å². The number of rotatable bonds is 8. The number of ketones is 1. The molecule has 1 aromatic carbocycles. The fourth-order valence-corrected chi connectivity index (χ4v) is 3.78. The smallest absolute Gasteiger partial charge is 0.295 e. The number of likely N-dealkylation sites (N-methyl/N-ethyl adjacent to an activating group) is 1. The fourth-order valence-electron chi connectivity index (χ4n) is 3.78. The van der Waals surface area contributed by atoms with Gasteiger partial charge in [0.25, 0.3) is 5.91 Å². The third-order valence-corrected chi connectivity index (χ3v) is 5.62. The van der Waals surface area contributed by atoms with Gasteiger partial charge in [0, 0.05) is 5.57 Å². The van der Waals surface area contributed by atoms with Crippen LogP contribution >= 0.6 is 0 Å². The molecule has 2 heterocycles. The molecule has 1 fully saturated rings. The van der Waals surface area contributed by atoms with Crippen molar-refractivity contribution in [2.45, 2.75) is 26.8 Å². The van der Waals surface area contributed by atoms with Crippen LogP contribution in [-0.2, 0) is 9.59 Å². The third kappa shape index (κ3) is 4.11. The van der Waals surface area contributed by atoms with E-state index in [0.29, 0.717) is 35.9 Å². The number of Topliss-reactive ketones (excluding diaryl/α,β-unsaturated/α-hetero) is 1. The largest absolute Gasteiger partial charge is 0.872 e. The molecule has 2 aromatic rings. The number of amides is 1. The van der Waals surface area contributed by atoms with Gasteiger partial charge in [0.05, 0.1) is 33.3 Å². The van der Waals surface area contributed by atoms with Gasteiger partial charge in [-0.2, -0.15) is 0 Å². The Bertz CT molecular complexity index is 941. The number of nitrogens with zero attached hydrogens (tertiary/aromatic N) is 1. The number of quaternary nitrogens is 1. The highest BCUT2D eigenvalue weighted by Crippen LogP contribution is 2.39. The van der Waals surface area contributed by atoms with Gasteiger partial charge in [0.15, 0.2) is 0 Å². The molecular weight excluding hydrogens is 384 g/mol. The predicted octanol–water partition coefficient (Wildman–Crippen LogP) is 0.745. The standard InChI is InChI=1S/C23H28N2O5/c1-5-24(6-2)13-14-25-20(18-12-7-15(3)30-18)19(22(27)23(25)28)21(26)16-8-10-17(29-4)11-9-16/h7-12,20,26H,5-6,13-14H2,1-4H3/b21-19+. The lowest BCUT2D eigenvalue weighted by molar-refractivity contribution is -0.895. The van der Waals surface area contributed by atoms with Gasteiger partial charge < -0.3 is 24.1 Å². The summed E-state index contributed by atoms with van der Waals surface area (Å²) in [4.78, 5) is 28.5. The highest BCUT2D eigenvalue weighted by Gasteiger charge is 2.45. The number of likely N-dealkylation sites (tertiary alicyclic amines) is 1. The molecule has 1 N–H and O–H groups in total. The van der Waals surface area contributed by atoms with Crippen molar-refractivity contribution in [1.82, 2.24) is 4.90 Å². The lowest BCUT2D eigenvalue weighted by Crippen LogP contribution is -3.12. The number of aryl methyl sites for hydroxylation is 1. The summed E-state index contributed by atoms with van der Waals surface area (Å²) in [5.74, 6) is -0.192. The highest BCUT2D eigenvalue weighted by molar-refractivity contribution is 6.46. The zero-order valence-corrected chi connectivity index (χ0v) is 17.9. The average Bonchev–Trinajstić information content (AvgIpc) is 3.30. The minimum absolute atomic E-state index is 0.0611. The molecule has 1 aliphatic rings. The first kappa shape index (κ1) is 21.6. The summed E-state index contributed by atoms with van der Waals surface area (Å²) < 4.78 is 10.9. The second-order valence-electron chi connectivity index (χ2n) is 7.36.